The maximum absolute atomic E-state index is 12.2. The van der Waals surface area contributed by atoms with Crippen molar-refractivity contribution < 1.29 is 19.4 Å². The van der Waals surface area contributed by atoms with Crippen molar-refractivity contribution in [2.24, 2.45) is 0 Å². The van der Waals surface area contributed by atoms with Gasteiger partial charge in [-0.05, 0) is 22.3 Å². The Labute approximate surface area is 161 Å². The number of benzene rings is 2. The van der Waals surface area contributed by atoms with Crippen molar-refractivity contribution in [2.75, 3.05) is 6.61 Å². The Kier molecular flexibility index (Phi) is 4.80. The van der Waals surface area contributed by atoms with E-state index in [1.807, 2.05) is 36.4 Å². The monoisotopic (exact) mass is 377 g/mol. The predicted molar refractivity (Wildman–Crippen MR) is 102 cm³/mol. The fraction of sp³-hybridized carbons (Fsp3) is 0.190. The number of imidazole rings is 1. The van der Waals surface area contributed by atoms with Crippen LogP contribution in [0.25, 0.3) is 11.1 Å². The van der Waals surface area contributed by atoms with Crippen LogP contribution in [0.15, 0.2) is 60.9 Å². The summed E-state index contributed by atoms with van der Waals surface area (Å²) in [4.78, 5) is 30.5. The highest BCUT2D eigenvalue weighted by Gasteiger charge is 2.29. The number of hydrogen-bond acceptors (Lipinski definition) is 4. The summed E-state index contributed by atoms with van der Waals surface area (Å²) < 4.78 is 5.40. The number of aliphatic carboxylic acids is 1. The minimum absolute atomic E-state index is 0.0481. The number of carbonyl (C=O) groups excluding carboxylic acids is 1. The summed E-state index contributed by atoms with van der Waals surface area (Å²) in [5, 5.41) is 11.8. The van der Waals surface area contributed by atoms with Crippen LogP contribution in [0, 0.1) is 0 Å². The minimum atomic E-state index is -1.15. The predicted octanol–water partition coefficient (Wildman–Crippen LogP) is 2.94. The number of fused-ring (bicyclic) bond motifs is 3. The standard InChI is InChI=1S/C21H19N3O4/c25-20(26)18(11-19-22-9-10-23-19)24-21(27)28-12-17-15-7-3-1-5-13(15)14-6-2-4-8-16(14)17/h1-10,17-18H,11-12H2,(H,22,23)(H,24,27)(H,25,26). The molecule has 0 spiro atoms. The van der Waals surface area contributed by atoms with Gasteiger partial charge in [0.05, 0.1) is 0 Å². The zero-order chi connectivity index (χ0) is 19.5. The van der Waals surface area contributed by atoms with Crippen LogP contribution >= 0.6 is 0 Å². The van der Waals surface area contributed by atoms with Crippen LogP contribution in [-0.2, 0) is 16.0 Å². The lowest BCUT2D eigenvalue weighted by atomic mass is 9.98. The van der Waals surface area contributed by atoms with Crippen molar-refractivity contribution in [1.82, 2.24) is 15.3 Å². The van der Waals surface area contributed by atoms with Gasteiger partial charge < -0.3 is 20.1 Å². The van der Waals surface area contributed by atoms with Crippen molar-refractivity contribution >= 4 is 12.1 Å². The first-order valence-electron chi connectivity index (χ1n) is 8.96. The molecule has 0 fully saturated rings. The molecule has 1 aliphatic rings. The molecule has 7 nitrogen and oxygen atoms in total. The van der Waals surface area contributed by atoms with Crippen molar-refractivity contribution in [3.05, 3.63) is 77.9 Å². The van der Waals surface area contributed by atoms with Crippen LogP contribution in [0.2, 0.25) is 0 Å². The average Bonchev–Trinajstić information content (AvgIpc) is 3.32. The van der Waals surface area contributed by atoms with Crippen LogP contribution in [-0.4, -0.2) is 39.8 Å². The van der Waals surface area contributed by atoms with E-state index in [-0.39, 0.29) is 18.9 Å². The number of aromatic nitrogens is 2. The number of carbonyl (C=O) groups is 2. The molecule has 142 valence electrons. The largest absolute Gasteiger partial charge is 0.480 e. The van der Waals surface area contributed by atoms with Gasteiger partial charge in [-0.2, -0.15) is 0 Å². The quantitative estimate of drug-likeness (QED) is 0.613. The Morgan fingerprint density at radius 1 is 1.11 bits per heavy atom. The van der Waals surface area contributed by atoms with Crippen LogP contribution < -0.4 is 5.32 Å². The highest BCUT2D eigenvalue weighted by molar-refractivity contribution is 5.81. The molecule has 0 radical (unpaired) electrons. The molecule has 1 amide bonds. The Balaban J connectivity index is 1.44. The molecule has 0 aliphatic heterocycles. The average molecular weight is 377 g/mol. The number of nitrogens with one attached hydrogen (secondary N) is 2. The third-order valence-electron chi connectivity index (χ3n) is 4.89. The maximum atomic E-state index is 12.2. The van der Waals surface area contributed by atoms with E-state index in [4.69, 9.17) is 4.74 Å². The van der Waals surface area contributed by atoms with E-state index in [1.165, 1.54) is 6.20 Å². The Morgan fingerprint density at radius 3 is 2.32 bits per heavy atom. The van der Waals surface area contributed by atoms with Gasteiger partial charge in [-0.15, -0.1) is 0 Å². The van der Waals surface area contributed by atoms with E-state index < -0.39 is 18.1 Å². The third-order valence-corrected chi connectivity index (χ3v) is 4.89. The molecule has 1 aliphatic carbocycles. The summed E-state index contributed by atoms with van der Waals surface area (Å²) in [7, 11) is 0. The van der Waals surface area contributed by atoms with Crippen molar-refractivity contribution in [2.45, 2.75) is 18.4 Å². The lowest BCUT2D eigenvalue weighted by molar-refractivity contribution is -0.139. The second-order valence-electron chi connectivity index (χ2n) is 6.60. The second-order valence-corrected chi connectivity index (χ2v) is 6.60. The van der Waals surface area contributed by atoms with E-state index in [0.717, 1.165) is 22.3 Å². The number of carboxylic acid groups (broad SMARTS) is 1. The van der Waals surface area contributed by atoms with E-state index >= 15 is 0 Å². The van der Waals surface area contributed by atoms with E-state index in [2.05, 4.69) is 27.4 Å². The van der Waals surface area contributed by atoms with Gasteiger partial charge in [0.15, 0.2) is 0 Å². The molecule has 1 unspecified atom stereocenters. The second kappa shape index (κ2) is 7.56. The number of rotatable bonds is 6. The minimum Gasteiger partial charge on any atom is -0.480 e. The van der Waals surface area contributed by atoms with E-state index in [0.29, 0.717) is 5.82 Å². The maximum Gasteiger partial charge on any atom is 0.407 e. The molecule has 3 N–H and O–H groups in total. The molecule has 2 aromatic carbocycles. The van der Waals surface area contributed by atoms with Crippen LogP contribution in [0.3, 0.4) is 0 Å². The lowest BCUT2D eigenvalue weighted by Gasteiger charge is -2.17. The van der Waals surface area contributed by atoms with Gasteiger partial charge in [0, 0.05) is 24.7 Å². The van der Waals surface area contributed by atoms with Gasteiger partial charge in [0.2, 0.25) is 0 Å². The molecule has 1 heterocycles. The van der Waals surface area contributed by atoms with E-state index in [9.17, 15) is 14.7 Å². The fourth-order valence-electron chi connectivity index (χ4n) is 3.59. The van der Waals surface area contributed by atoms with Gasteiger partial charge in [-0.1, -0.05) is 48.5 Å². The molecule has 28 heavy (non-hydrogen) atoms. The van der Waals surface area contributed by atoms with Gasteiger partial charge in [0.1, 0.15) is 18.5 Å². The number of hydrogen-bond donors (Lipinski definition) is 3. The Hall–Kier alpha value is -3.61. The molecule has 4 rings (SSSR count). The van der Waals surface area contributed by atoms with Crippen LogP contribution in [0.4, 0.5) is 4.79 Å². The molecule has 1 atom stereocenters. The number of H-pyrrole nitrogens is 1. The highest BCUT2D eigenvalue weighted by atomic mass is 16.5. The zero-order valence-corrected chi connectivity index (χ0v) is 15.0. The first-order chi connectivity index (χ1) is 13.6. The number of nitrogens with zero attached hydrogens (tertiary/aromatic N) is 1. The Morgan fingerprint density at radius 2 is 1.75 bits per heavy atom. The van der Waals surface area contributed by atoms with Gasteiger partial charge in [-0.3, -0.25) is 0 Å². The van der Waals surface area contributed by atoms with Crippen molar-refractivity contribution in [3.63, 3.8) is 0 Å². The molecule has 0 bridgehead atoms. The molecule has 7 heteroatoms. The van der Waals surface area contributed by atoms with Crippen molar-refractivity contribution in [3.8, 4) is 11.1 Å². The smallest absolute Gasteiger partial charge is 0.407 e. The SMILES string of the molecule is O=C(NC(Cc1ncc[nH]1)C(=O)O)OCC1c2ccccc2-c2ccccc21. The number of alkyl carbamates (subject to hydrolysis) is 1. The first kappa shape index (κ1) is 17.8. The summed E-state index contributed by atoms with van der Waals surface area (Å²) in [6, 6.07) is 14.9. The van der Waals surface area contributed by atoms with Crippen LogP contribution in [0.5, 0.6) is 0 Å². The molecule has 0 saturated carbocycles. The zero-order valence-electron chi connectivity index (χ0n) is 15.0. The molecular weight excluding hydrogens is 358 g/mol. The van der Waals surface area contributed by atoms with E-state index in [1.54, 1.807) is 6.20 Å². The number of amides is 1. The molecule has 3 aromatic rings. The van der Waals surface area contributed by atoms with Gasteiger partial charge in [0.25, 0.3) is 0 Å². The molecule has 0 saturated heterocycles. The number of aromatic amines is 1. The third kappa shape index (κ3) is 3.46. The summed E-state index contributed by atoms with van der Waals surface area (Å²) in [5.41, 5.74) is 4.46. The topological polar surface area (TPSA) is 104 Å². The Bertz CT molecular complexity index is 955. The summed E-state index contributed by atoms with van der Waals surface area (Å²) >= 11 is 0. The summed E-state index contributed by atoms with van der Waals surface area (Å²) in [5.74, 6) is -0.747. The summed E-state index contributed by atoms with van der Waals surface area (Å²) in [6.07, 6.45) is 2.41. The highest BCUT2D eigenvalue weighted by Crippen LogP contribution is 2.44. The molecule has 1 aromatic heterocycles. The van der Waals surface area contributed by atoms with Gasteiger partial charge >= 0.3 is 12.1 Å². The normalized spacial score (nSPS) is 13.4. The number of carboxylic acids is 1. The fourth-order valence-corrected chi connectivity index (χ4v) is 3.59. The summed E-state index contributed by atoms with van der Waals surface area (Å²) in [6.45, 7) is 0.132. The lowest BCUT2D eigenvalue weighted by Crippen LogP contribution is -2.43. The molecular formula is C21H19N3O4. The number of ether oxygens (including phenoxy) is 1. The van der Waals surface area contributed by atoms with Crippen molar-refractivity contribution in [1.29, 1.82) is 0 Å². The van der Waals surface area contributed by atoms with Crippen LogP contribution in [0.1, 0.15) is 22.9 Å². The van der Waals surface area contributed by atoms with Gasteiger partial charge in [-0.25, -0.2) is 14.6 Å². The first-order valence-corrected chi connectivity index (χ1v) is 8.96.